The highest BCUT2D eigenvalue weighted by Crippen LogP contribution is 2.37. The number of nitrogens with one attached hydrogen (secondary N) is 2. The van der Waals surface area contributed by atoms with Gasteiger partial charge in [0.15, 0.2) is 0 Å². The summed E-state index contributed by atoms with van der Waals surface area (Å²) in [6.45, 7) is 4.05. The van der Waals surface area contributed by atoms with Crippen LogP contribution in [0.4, 0.5) is 11.4 Å². The lowest BCUT2D eigenvalue weighted by atomic mass is 10.0. The van der Waals surface area contributed by atoms with Gasteiger partial charge in [-0.25, -0.2) is 4.98 Å². The first-order valence-electron chi connectivity index (χ1n) is 11.5. The zero-order valence-corrected chi connectivity index (χ0v) is 19.4. The molecule has 3 heterocycles. The van der Waals surface area contributed by atoms with E-state index in [2.05, 4.69) is 63.4 Å². The molecule has 6 rings (SSSR count). The Morgan fingerprint density at radius 1 is 0.912 bits per heavy atom. The van der Waals surface area contributed by atoms with Crippen LogP contribution in [0.15, 0.2) is 78.2 Å². The lowest BCUT2D eigenvalue weighted by Gasteiger charge is -2.29. The van der Waals surface area contributed by atoms with Gasteiger partial charge in [0, 0.05) is 65.2 Å². The second kappa shape index (κ2) is 8.89. The van der Waals surface area contributed by atoms with E-state index >= 15 is 0 Å². The highest BCUT2D eigenvalue weighted by molar-refractivity contribution is 7.13. The lowest BCUT2D eigenvalue weighted by Crippen LogP contribution is -2.43. The predicted octanol–water partition coefficient (Wildman–Crippen LogP) is 5.38. The molecule has 168 valence electrons. The van der Waals surface area contributed by atoms with Crippen LogP contribution in [0.3, 0.4) is 0 Å². The number of hydrogen-bond donors (Lipinski definition) is 2. The van der Waals surface area contributed by atoms with E-state index in [0.717, 1.165) is 64.8 Å². The summed E-state index contributed by atoms with van der Waals surface area (Å²) >= 11 is 1.63. The smallest absolute Gasteiger partial charge is 0.256 e. The molecule has 0 atom stereocenters. The van der Waals surface area contributed by atoms with Crippen molar-refractivity contribution in [2.45, 2.75) is 0 Å². The molecule has 0 unspecified atom stereocenters. The van der Waals surface area contributed by atoms with Gasteiger partial charge in [-0.3, -0.25) is 4.79 Å². The summed E-state index contributed by atoms with van der Waals surface area (Å²) in [4.78, 5) is 20.0. The Hall–Kier alpha value is -3.74. The zero-order valence-electron chi connectivity index (χ0n) is 18.6. The third-order valence-electron chi connectivity index (χ3n) is 6.31. The maximum Gasteiger partial charge on any atom is 0.256 e. The molecule has 1 aromatic heterocycles. The average molecular weight is 465 g/mol. The maximum atomic E-state index is 12.8. The minimum Gasteiger partial charge on any atom is -0.369 e. The Morgan fingerprint density at radius 3 is 2.50 bits per heavy atom. The van der Waals surface area contributed by atoms with Gasteiger partial charge in [0.2, 0.25) is 0 Å². The molecule has 1 saturated heterocycles. The van der Waals surface area contributed by atoms with Gasteiger partial charge in [-0.05, 0) is 35.9 Å². The third kappa shape index (κ3) is 4.02. The summed E-state index contributed by atoms with van der Waals surface area (Å²) in [6.07, 6.45) is 1.98. The highest BCUT2D eigenvalue weighted by Gasteiger charge is 2.25. The standard InChI is InChI=1S/C28H24N4OS/c33-27-24(16-19-6-9-22(10-7-19)32-14-12-29-13-15-32)23-17-21(8-11-25(23)30-27)26-18-34-28(31-26)20-4-2-1-3-5-20/h1-11,16-18,29H,12-15H2,(H,30,33). The summed E-state index contributed by atoms with van der Waals surface area (Å²) in [5.41, 5.74) is 7.73. The van der Waals surface area contributed by atoms with Gasteiger partial charge in [-0.15, -0.1) is 11.3 Å². The zero-order chi connectivity index (χ0) is 22.9. The number of benzene rings is 3. The van der Waals surface area contributed by atoms with Crippen LogP contribution in [0.25, 0.3) is 33.5 Å². The SMILES string of the molecule is O=C1Nc2ccc(-c3csc(-c4ccccc4)n3)cc2C1=Cc1ccc(N2CCNCC2)cc1. The number of amides is 1. The molecule has 0 saturated carbocycles. The Labute approximate surface area is 202 Å². The predicted molar refractivity (Wildman–Crippen MR) is 141 cm³/mol. The van der Waals surface area contributed by atoms with Crippen LogP contribution in [0.2, 0.25) is 0 Å². The van der Waals surface area contributed by atoms with Crippen molar-refractivity contribution in [2.75, 3.05) is 36.4 Å². The first kappa shape index (κ1) is 20.8. The molecular formula is C28H24N4OS. The fourth-order valence-electron chi connectivity index (χ4n) is 4.48. The number of hydrogen-bond acceptors (Lipinski definition) is 5. The monoisotopic (exact) mass is 464 g/mol. The molecule has 5 nitrogen and oxygen atoms in total. The third-order valence-corrected chi connectivity index (χ3v) is 7.20. The van der Waals surface area contributed by atoms with Crippen LogP contribution in [-0.4, -0.2) is 37.1 Å². The minimum atomic E-state index is -0.0680. The molecule has 6 heteroatoms. The van der Waals surface area contributed by atoms with Gasteiger partial charge in [-0.1, -0.05) is 48.5 Å². The van der Waals surface area contributed by atoms with Gasteiger partial charge < -0.3 is 15.5 Å². The molecule has 0 aliphatic carbocycles. The Balaban J connectivity index is 1.29. The Kier molecular flexibility index (Phi) is 5.45. The number of nitrogens with zero attached hydrogens (tertiary/aromatic N) is 2. The number of carbonyl (C=O) groups excluding carboxylic acids is 1. The maximum absolute atomic E-state index is 12.8. The number of rotatable bonds is 4. The van der Waals surface area contributed by atoms with E-state index in [-0.39, 0.29) is 5.91 Å². The highest BCUT2D eigenvalue weighted by atomic mass is 32.1. The first-order valence-corrected chi connectivity index (χ1v) is 12.4. The van der Waals surface area contributed by atoms with Gasteiger partial charge in [-0.2, -0.15) is 0 Å². The molecule has 1 fully saturated rings. The molecule has 0 radical (unpaired) electrons. The molecule has 0 bridgehead atoms. The van der Waals surface area contributed by atoms with Crippen LogP contribution in [0.1, 0.15) is 11.1 Å². The van der Waals surface area contributed by atoms with Gasteiger partial charge in [0.1, 0.15) is 5.01 Å². The summed E-state index contributed by atoms with van der Waals surface area (Å²) < 4.78 is 0. The number of thiazole rings is 1. The van der Waals surface area contributed by atoms with E-state index in [1.54, 1.807) is 11.3 Å². The molecule has 2 aliphatic rings. The number of anilines is 2. The molecule has 2 aliphatic heterocycles. The van der Waals surface area contributed by atoms with Crippen molar-refractivity contribution < 1.29 is 4.79 Å². The molecule has 34 heavy (non-hydrogen) atoms. The number of fused-ring (bicyclic) bond motifs is 1. The van der Waals surface area contributed by atoms with Crippen molar-refractivity contribution in [2.24, 2.45) is 0 Å². The second-order valence-electron chi connectivity index (χ2n) is 8.51. The molecule has 2 N–H and O–H groups in total. The fourth-order valence-corrected chi connectivity index (χ4v) is 5.32. The van der Waals surface area contributed by atoms with Crippen molar-refractivity contribution in [3.8, 4) is 21.8 Å². The van der Waals surface area contributed by atoms with Gasteiger partial charge in [0.25, 0.3) is 5.91 Å². The number of carbonyl (C=O) groups is 1. The largest absolute Gasteiger partial charge is 0.369 e. The van der Waals surface area contributed by atoms with Crippen LogP contribution in [-0.2, 0) is 4.79 Å². The van der Waals surface area contributed by atoms with E-state index < -0.39 is 0 Å². The lowest BCUT2D eigenvalue weighted by molar-refractivity contribution is -0.110. The van der Waals surface area contributed by atoms with Gasteiger partial charge in [0.05, 0.1) is 5.69 Å². The van der Waals surface area contributed by atoms with Gasteiger partial charge >= 0.3 is 0 Å². The van der Waals surface area contributed by atoms with Crippen LogP contribution in [0.5, 0.6) is 0 Å². The quantitative estimate of drug-likeness (QED) is 0.398. The molecule has 4 aromatic rings. The van der Waals surface area contributed by atoms with E-state index in [1.807, 2.05) is 36.4 Å². The van der Waals surface area contributed by atoms with Crippen molar-refractivity contribution in [1.29, 1.82) is 0 Å². The topological polar surface area (TPSA) is 57.3 Å². The first-order chi connectivity index (χ1) is 16.7. The Morgan fingerprint density at radius 2 is 1.71 bits per heavy atom. The molecule has 1 amide bonds. The van der Waals surface area contributed by atoms with Crippen molar-refractivity contribution in [1.82, 2.24) is 10.3 Å². The summed E-state index contributed by atoms with van der Waals surface area (Å²) in [7, 11) is 0. The van der Waals surface area contributed by atoms with E-state index in [4.69, 9.17) is 4.98 Å². The number of piperazine rings is 1. The summed E-state index contributed by atoms with van der Waals surface area (Å²) in [5.74, 6) is -0.0680. The van der Waals surface area contributed by atoms with Crippen LogP contribution >= 0.6 is 11.3 Å². The van der Waals surface area contributed by atoms with Crippen LogP contribution in [0, 0.1) is 0 Å². The van der Waals surface area contributed by atoms with Crippen molar-refractivity contribution in [3.63, 3.8) is 0 Å². The molecule has 0 spiro atoms. The minimum absolute atomic E-state index is 0.0680. The Bertz CT molecular complexity index is 1370. The number of aromatic nitrogens is 1. The molecule has 3 aromatic carbocycles. The van der Waals surface area contributed by atoms with Crippen molar-refractivity contribution >= 4 is 40.3 Å². The van der Waals surface area contributed by atoms with Crippen molar-refractivity contribution in [3.05, 3.63) is 89.3 Å². The average Bonchev–Trinajstić information content (AvgIpc) is 3.50. The van der Waals surface area contributed by atoms with E-state index in [9.17, 15) is 4.79 Å². The van der Waals surface area contributed by atoms with Crippen LogP contribution < -0.4 is 15.5 Å². The molecular weight excluding hydrogens is 440 g/mol. The summed E-state index contributed by atoms with van der Waals surface area (Å²) in [5, 5.41) is 9.45. The fraction of sp³-hybridized carbons (Fsp3) is 0.143. The summed E-state index contributed by atoms with van der Waals surface area (Å²) in [6, 6.07) is 24.7. The van der Waals surface area contributed by atoms with E-state index in [1.165, 1.54) is 5.69 Å². The second-order valence-corrected chi connectivity index (χ2v) is 9.36. The van der Waals surface area contributed by atoms with E-state index in [0.29, 0.717) is 5.57 Å². The normalized spacial score (nSPS) is 16.5.